The Morgan fingerprint density at radius 2 is 2.17 bits per heavy atom. The first kappa shape index (κ1) is 11.7. The van der Waals surface area contributed by atoms with Crippen LogP contribution in [0, 0.1) is 5.92 Å². The summed E-state index contributed by atoms with van der Waals surface area (Å²) in [7, 11) is 0. The highest BCUT2D eigenvalue weighted by Crippen LogP contribution is 2.39. The van der Waals surface area contributed by atoms with E-state index in [1.807, 2.05) is 31.3 Å². The van der Waals surface area contributed by atoms with Crippen LogP contribution in [-0.4, -0.2) is 10.1 Å². The molecule has 0 bridgehead atoms. The molecule has 1 fully saturated rings. The Balaban J connectivity index is 2.01. The second kappa shape index (κ2) is 4.36. The van der Waals surface area contributed by atoms with Crippen LogP contribution in [0.15, 0.2) is 36.7 Å². The van der Waals surface area contributed by atoms with E-state index >= 15 is 0 Å². The van der Waals surface area contributed by atoms with E-state index in [0.717, 1.165) is 22.8 Å². The van der Waals surface area contributed by atoms with Crippen LogP contribution in [-0.2, 0) is 5.60 Å². The van der Waals surface area contributed by atoms with Gasteiger partial charge in [-0.25, -0.2) is 0 Å². The van der Waals surface area contributed by atoms with Gasteiger partial charge in [-0.1, -0.05) is 37.5 Å². The van der Waals surface area contributed by atoms with E-state index in [1.54, 1.807) is 6.20 Å². The monoisotopic (exact) mass is 241 g/mol. The van der Waals surface area contributed by atoms with Gasteiger partial charge in [0.1, 0.15) is 0 Å². The number of hydrogen-bond donors (Lipinski definition) is 1. The van der Waals surface area contributed by atoms with E-state index in [9.17, 15) is 5.11 Å². The number of hydrogen-bond acceptors (Lipinski definition) is 2. The first-order valence-corrected chi connectivity index (χ1v) is 6.72. The van der Waals surface area contributed by atoms with E-state index in [-0.39, 0.29) is 0 Å². The zero-order valence-corrected chi connectivity index (χ0v) is 10.8. The maximum atomic E-state index is 10.8. The van der Waals surface area contributed by atoms with E-state index < -0.39 is 5.60 Å². The molecular formula is C16H19NO. The standard InChI is InChI=1S/C16H19NO/c1-16(18,10-12-4-2-5-12)15-7-3-6-13-8-9-17-11-14(13)15/h3,6-9,11-12,18H,2,4-5,10H2,1H3. The lowest BCUT2D eigenvalue weighted by molar-refractivity contribution is 0.0175. The van der Waals surface area contributed by atoms with Crippen LogP contribution in [0.3, 0.4) is 0 Å². The maximum absolute atomic E-state index is 10.8. The molecule has 1 unspecified atom stereocenters. The molecule has 0 aliphatic heterocycles. The molecule has 1 aromatic carbocycles. The van der Waals surface area contributed by atoms with Crippen molar-refractivity contribution in [2.45, 2.75) is 38.2 Å². The van der Waals surface area contributed by atoms with Gasteiger partial charge in [0.2, 0.25) is 0 Å². The van der Waals surface area contributed by atoms with Crippen LogP contribution in [0.5, 0.6) is 0 Å². The van der Waals surface area contributed by atoms with E-state index in [1.165, 1.54) is 19.3 Å². The van der Waals surface area contributed by atoms with Crippen LogP contribution in [0.2, 0.25) is 0 Å². The van der Waals surface area contributed by atoms with Gasteiger partial charge >= 0.3 is 0 Å². The van der Waals surface area contributed by atoms with Gasteiger partial charge in [0.25, 0.3) is 0 Å². The fourth-order valence-electron chi connectivity index (χ4n) is 2.95. The lowest BCUT2D eigenvalue weighted by Gasteiger charge is -2.34. The highest BCUT2D eigenvalue weighted by atomic mass is 16.3. The van der Waals surface area contributed by atoms with Gasteiger partial charge in [0, 0.05) is 17.8 Å². The summed E-state index contributed by atoms with van der Waals surface area (Å²) in [6.45, 7) is 1.94. The summed E-state index contributed by atoms with van der Waals surface area (Å²) < 4.78 is 0. The molecule has 2 nitrogen and oxygen atoms in total. The molecule has 94 valence electrons. The van der Waals surface area contributed by atoms with Gasteiger partial charge in [0.05, 0.1) is 5.60 Å². The third-order valence-electron chi connectivity index (χ3n) is 4.17. The number of benzene rings is 1. The maximum Gasteiger partial charge on any atom is 0.0877 e. The minimum atomic E-state index is -0.742. The molecule has 1 atom stereocenters. The molecule has 1 N–H and O–H groups in total. The molecule has 0 amide bonds. The molecule has 0 saturated heterocycles. The molecule has 2 aromatic rings. The van der Waals surface area contributed by atoms with Crippen molar-refractivity contribution in [3.63, 3.8) is 0 Å². The Morgan fingerprint density at radius 1 is 1.33 bits per heavy atom. The van der Waals surface area contributed by atoms with Gasteiger partial charge in [-0.15, -0.1) is 0 Å². The average Bonchev–Trinajstić information content (AvgIpc) is 2.33. The largest absolute Gasteiger partial charge is 0.385 e. The number of aliphatic hydroxyl groups is 1. The van der Waals surface area contributed by atoms with Crippen LogP contribution in [0.4, 0.5) is 0 Å². The number of pyridine rings is 1. The van der Waals surface area contributed by atoms with E-state index in [4.69, 9.17) is 0 Å². The van der Waals surface area contributed by atoms with Crippen molar-refractivity contribution in [2.75, 3.05) is 0 Å². The highest BCUT2D eigenvalue weighted by molar-refractivity contribution is 5.85. The molecule has 1 heterocycles. The van der Waals surface area contributed by atoms with E-state index in [0.29, 0.717) is 5.92 Å². The van der Waals surface area contributed by atoms with E-state index in [2.05, 4.69) is 11.1 Å². The Morgan fingerprint density at radius 3 is 2.89 bits per heavy atom. The third-order valence-corrected chi connectivity index (χ3v) is 4.17. The molecule has 1 aromatic heterocycles. The zero-order valence-electron chi connectivity index (χ0n) is 10.8. The first-order valence-electron chi connectivity index (χ1n) is 6.72. The topological polar surface area (TPSA) is 33.1 Å². The van der Waals surface area contributed by atoms with Crippen LogP contribution < -0.4 is 0 Å². The smallest absolute Gasteiger partial charge is 0.0877 e. The summed E-state index contributed by atoms with van der Waals surface area (Å²) in [6, 6.07) is 8.12. The predicted molar refractivity (Wildman–Crippen MR) is 73.3 cm³/mol. The van der Waals surface area contributed by atoms with Crippen molar-refractivity contribution < 1.29 is 5.11 Å². The second-order valence-electron chi connectivity index (χ2n) is 5.68. The van der Waals surface area contributed by atoms with Gasteiger partial charge in [-0.05, 0) is 36.3 Å². The van der Waals surface area contributed by atoms with Crippen LogP contribution >= 0.6 is 0 Å². The summed E-state index contributed by atoms with van der Waals surface area (Å²) in [4.78, 5) is 4.19. The van der Waals surface area contributed by atoms with Gasteiger partial charge in [0.15, 0.2) is 0 Å². The summed E-state index contributed by atoms with van der Waals surface area (Å²) in [6.07, 6.45) is 8.36. The molecule has 1 saturated carbocycles. The molecule has 3 rings (SSSR count). The molecule has 18 heavy (non-hydrogen) atoms. The zero-order chi connectivity index (χ0) is 12.6. The van der Waals surface area contributed by atoms with Crippen LogP contribution in [0.1, 0.15) is 38.2 Å². The van der Waals surface area contributed by atoms with Gasteiger partial charge < -0.3 is 5.11 Å². The van der Waals surface area contributed by atoms with Crippen LogP contribution in [0.25, 0.3) is 10.8 Å². The Hall–Kier alpha value is -1.41. The third kappa shape index (κ3) is 2.01. The van der Waals surface area contributed by atoms with Crippen molar-refractivity contribution in [3.05, 3.63) is 42.2 Å². The number of fused-ring (bicyclic) bond motifs is 1. The Kier molecular flexibility index (Phi) is 2.83. The van der Waals surface area contributed by atoms with Crippen molar-refractivity contribution in [1.82, 2.24) is 4.98 Å². The summed E-state index contributed by atoms with van der Waals surface area (Å²) in [5.41, 5.74) is 0.271. The highest BCUT2D eigenvalue weighted by Gasteiger charge is 2.31. The summed E-state index contributed by atoms with van der Waals surface area (Å²) in [5.74, 6) is 0.687. The fourth-order valence-corrected chi connectivity index (χ4v) is 2.95. The molecule has 0 spiro atoms. The molecule has 1 aliphatic carbocycles. The molecule has 2 heteroatoms. The lowest BCUT2D eigenvalue weighted by Crippen LogP contribution is -2.28. The molecule has 0 radical (unpaired) electrons. The SMILES string of the molecule is CC(O)(CC1CCC1)c1cccc2ccncc12. The van der Waals surface area contributed by atoms with Crippen molar-refractivity contribution in [3.8, 4) is 0 Å². The second-order valence-corrected chi connectivity index (χ2v) is 5.68. The lowest BCUT2D eigenvalue weighted by atomic mass is 9.75. The number of aromatic nitrogens is 1. The minimum Gasteiger partial charge on any atom is -0.385 e. The average molecular weight is 241 g/mol. The minimum absolute atomic E-state index is 0.687. The van der Waals surface area contributed by atoms with Crippen molar-refractivity contribution >= 4 is 10.8 Å². The normalized spacial score (nSPS) is 19.4. The van der Waals surface area contributed by atoms with Gasteiger partial charge in [-0.3, -0.25) is 4.98 Å². The predicted octanol–water partition coefficient (Wildman–Crippen LogP) is 3.63. The summed E-state index contributed by atoms with van der Waals surface area (Å²) in [5, 5.41) is 13.0. The van der Waals surface area contributed by atoms with Crippen molar-refractivity contribution in [2.24, 2.45) is 5.92 Å². The van der Waals surface area contributed by atoms with Crippen molar-refractivity contribution in [1.29, 1.82) is 0 Å². The first-order chi connectivity index (χ1) is 8.67. The number of nitrogens with zero attached hydrogens (tertiary/aromatic N) is 1. The molecular weight excluding hydrogens is 222 g/mol. The summed E-state index contributed by atoms with van der Waals surface area (Å²) >= 11 is 0. The Bertz CT molecular complexity index is 553. The molecule has 1 aliphatic rings. The van der Waals surface area contributed by atoms with Gasteiger partial charge in [-0.2, -0.15) is 0 Å². The quantitative estimate of drug-likeness (QED) is 0.890. The fraction of sp³-hybridized carbons (Fsp3) is 0.438. The number of rotatable bonds is 3. The Labute approximate surface area is 108 Å².